The molecule has 178 valence electrons. The molecule has 2 bridgehead atoms. The SMILES string of the molecule is COc1ccc2c3c1O[C@H]1CCC[C@@]4(OC/C=C/c5ccccc5)C(C2)N(CC2CC2)CC[C@]314. The van der Waals surface area contributed by atoms with E-state index < -0.39 is 0 Å². The molecule has 4 heteroatoms. The minimum atomic E-state index is -0.200. The van der Waals surface area contributed by atoms with Crippen molar-refractivity contribution in [3.05, 3.63) is 65.2 Å². The van der Waals surface area contributed by atoms with E-state index in [0.29, 0.717) is 12.6 Å². The van der Waals surface area contributed by atoms with Crippen LogP contribution in [-0.2, 0) is 16.6 Å². The first-order chi connectivity index (χ1) is 16.7. The predicted octanol–water partition coefficient (Wildman–Crippen LogP) is 5.39. The number of ether oxygens (including phenoxy) is 3. The third-order valence-corrected chi connectivity index (χ3v) is 9.38. The van der Waals surface area contributed by atoms with Crippen LogP contribution in [0.5, 0.6) is 11.5 Å². The van der Waals surface area contributed by atoms with Crippen LogP contribution < -0.4 is 9.47 Å². The minimum absolute atomic E-state index is 0.0615. The van der Waals surface area contributed by atoms with Gasteiger partial charge in [0.1, 0.15) is 6.10 Å². The van der Waals surface area contributed by atoms with Gasteiger partial charge in [0.15, 0.2) is 11.5 Å². The molecule has 0 amide bonds. The zero-order valence-corrected chi connectivity index (χ0v) is 20.2. The summed E-state index contributed by atoms with van der Waals surface area (Å²) in [6.45, 7) is 3.03. The van der Waals surface area contributed by atoms with Crippen LogP contribution in [0.3, 0.4) is 0 Å². The van der Waals surface area contributed by atoms with Crippen LogP contribution in [0.4, 0.5) is 0 Å². The van der Waals surface area contributed by atoms with Crippen LogP contribution >= 0.6 is 0 Å². The summed E-state index contributed by atoms with van der Waals surface area (Å²) >= 11 is 0. The highest BCUT2D eigenvalue weighted by Gasteiger charge is 2.72. The molecule has 0 radical (unpaired) electrons. The molecule has 5 aliphatic rings. The molecule has 2 aromatic rings. The molecule has 1 unspecified atom stereocenters. The van der Waals surface area contributed by atoms with Crippen molar-refractivity contribution in [3.63, 3.8) is 0 Å². The molecule has 2 heterocycles. The highest BCUT2D eigenvalue weighted by atomic mass is 16.5. The maximum absolute atomic E-state index is 7.17. The number of hydrogen-bond acceptors (Lipinski definition) is 4. The summed E-state index contributed by atoms with van der Waals surface area (Å²) in [6.07, 6.45) is 13.0. The average molecular weight is 458 g/mol. The fourth-order valence-electron chi connectivity index (χ4n) is 7.84. The monoisotopic (exact) mass is 457 g/mol. The number of benzene rings is 2. The van der Waals surface area contributed by atoms with E-state index in [-0.39, 0.29) is 17.1 Å². The zero-order chi connectivity index (χ0) is 22.8. The Morgan fingerprint density at radius 2 is 1.97 bits per heavy atom. The molecule has 0 N–H and O–H groups in total. The van der Waals surface area contributed by atoms with Gasteiger partial charge in [-0.05, 0) is 74.6 Å². The average Bonchev–Trinajstić information content (AvgIpc) is 3.62. The summed E-state index contributed by atoms with van der Waals surface area (Å²) < 4.78 is 19.7. The smallest absolute Gasteiger partial charge is 0.165 e. The van der Waals surface area contributed by atoms with Crippen LogP contribution in [0.2, 0.25) is 0 Å². The van der Waals surface area contributed by atoms with E-state index in [1.54, 1.807) is 7.11 Å². The number of methoxy groups -OCH3 is 1. The van der Waals surface area contributed by atoms with E-state index in [9.17, 15) is 0 Å². The second kappa shape index (κ2) is 7.86. The van der Waals surface area contributed by atoms with Crippen LogP contribution in [0.25, 0.3) is 6.08 Å². The third-order valence-electron chi connectivity index (χ3n) is 9.38. The Balaban J connectivity index is 1.30. The zero-order valence-electron chi connectivity index (χ0n) is 20.2. The van der Waals surface area contributed by atoms with Crippen molar-refractivity contribution < 1.29 is 14.2 Å². The van der Waals surface area contributed by atoms with E-state index in [2.05, 4.69) is 59.5 Å². The molecule has 0 aromatic heterocycles. The van der Waals surface area contributed by atoms with Gasteiger partial charge in [0, 0.05) is 18.2 Å². The summed E-state index contributed by atoms with van der Waals surface area (Å²) in [4.78, 5) is 2.80. The third kappa shape index (κ3) is 2.91. The number of likely N-dealkylation sites (tertiary alicyclic amines) is 1. The first-order valence-electron chi connectivity index (χ1n) is 13.2. The van der Waals surface area contributed by atoms with Gasteiger partial charge in [-0.25, -0.2) is 0 Å². The first-order valence-corrected chi connectivity index (χ1v) is 13.2. The second-order valence-electron chi connectivity index (χ2n) is 11.0. The Bertz CT molecular complexity index is 1110. The van der Waals surface area contributed by atoms with Gasteiger partial charge in [-0.2, -0.15) is 0 Å². The quantitative estimate of drug-likeness (QED) is 0.558. The van der Waals surface area contributed by atoms with Crippen molar-refractivity contribution in [1.82, 2.24) is 4.90 Å². The first kappa shape index (κ1) is 21.0. The maximum Gasteiger partial charge on any atom is 0.165 e. The van der Waals surface area contributed by atoms with Crippen molar-refractivity contribution in [2.75, 3.05) is 26.8 Å². The number of hydrogen-bond donors (Lipinski definition) is 0. The van der Waals surface area contributed by atoms with Gasteiger partial charge in [-0.15, -0.1) is 0 Å². The lowest BCUT2D eigenvalue weighted by molar-refractivity contribution is -0.210. The Kier molecular flexibility index (Phi) is 4.86. The Hall–Kier alpha value is -2.30. The van der Waals surface area contributed by atoms with Crippen molar-refractivity contribution in [3.8, 4) is 11.5 Å². The molecule has 34 heavy (non-hydrogen) atoms. The summed E-state index contributed by atoms with van der Waals surface area (Å²) in [6, 6.07) is 15.4. The molecule has 2 aliphatic heterocycles. The summed E-state index contributed by atoms with van der Waals surface area (Å²) in [5.74, 6) is 2.78. The molecule has 1 spiro atoms. The molecule has 4 atom stereocenters. The summed E-state index contributed by atoms with van der Waals surface area (Å²) in [5.41, 5.74) is 3.85. The summed E-state index contributed by atoms with van der Waals surface area (Å²) in [5, 5.41) is 0. The lowest BCUT2D eigenvalue weighted by Gasteiger charge is -2.65. The standard InChI is InChI=1S/C30H35NO3/c1-32-24-14-13-23-19-25-30(33-18-6-9-21-7-3-2-4-8-21)15-5-10-26-29(30,27(23)28(24)34-26)16-17-31(25)20-22-11-12-22/h2-4,6-9,13-14,22,25-26H,5,10-12,15-20H2,1H3/b9-6+/t25?,26-,29+,30+/m0/s1. The van der Waals surface area contributed by atoms with Gasteiger partial charge in [0.05, 0.1) is 24.7 Å². The van der Waals surface area contributed by atoms with E-state index in [1.807, 2.05) is 0 Å². The number of piperidine rings is 1. The van der Waals surface area contributed by atoms with Crippen molar-refractivity contribution in [2.24, 2.45) is 5.92 Å². The maximum atomic E-state index is 7.17. The highest BCUT2D eigenvalue weighted by molar-refractivity contribution is 5.62. The van der Waals surface area contributed by atoms with Gasteiger partial charge >= 0.3 is 0 Å². The van der Waals surface area contributed by atoms with Gasteiger partial charge in [0.25, 0.3) is 0 Å². The summed E-state index contributed by atoms with van der Waals surface area (Å²) in [7, 11) is 1.77. The molecule has 3 fully saturated rings. The fraction of sp³-hybridized carbons (Fsp3) is 0.533. The fourth-order valence-corrected chi connectivity index (χ4v) is 7.84. The molecule has 2 aromatic carbocycles. The van der Waals surface area contributed by atoms with Crippen LogP contribution in [0, 0.1) is 5.92 Å². The van der Waals surface area contributed by atoms with Crippen LogP contribution in [0.1, 0.15) is 55.2 Å². The lowest BCUT2D eigenvalue weighted by Crippen LogP contribution is -2.76. The number of nitrogens with zero attached hydrogens (tertiary/aromatic N) is 1. The van der Waals surface area contributed by atoms with E-state index in [1.165, 1.54) is 36.1 Å². The van der Waals surface area contributed by atoms with Gasteiger partial charge < -0.3 is 14.2 Å². The van der Waals surface area contributed by atoms with E-state index in [0.717, 1.165) is 56.1 Å². The molecular weight excluding hydrogens is 422 g/mol. The largest absolute Gasteiger partial charge is 0.493 e. The van der Waals surface area contributed by atoms with Gasteiger partial charge in [0.2, 0.25) is 0 Å². The normalized spacial score (nSPS) is 33.6. The van der Waals surface area contributed by atoms with Crippen molar-refractivity contribution in [2.45, 2.75) is 68.1 Å². The lowest BCUT2D eigenvalue weighted by atomic mass is 9.49. The predicted molar refractivity (Wildman–Crippen MR) is 134 cm³/mol. The Morgan fingerprint density at radius 3 is 2.79 bits per heavy atom. The molecule has 4 nitrogen and oxygen atoms in total. The molecule has 1 saturated heterocycles. The molecule has 7 rings (SSSR count). The highest BCUT2D eigenvalue weighted by Crippen LogP contribution is 2.66. The minimum Gasteiger partial charge on any atom is -0.493 e. The van der Waals surface area contributed by atoms with Crippen LogP contribution in [-0.4, -0.2) is 49.5 Å². The Morgan fingerprint density at radius 1 is 1.09 bits per heavy atom. The van der Waals surface area contributed by atoms with E-state index >= 15 is 0 Å². The van der Waals surface area contributed by atoms with Gasteiger partial charge in [-0.3, -0.25) is 4.90 Å². The number of rotatable bonds is 7. The van der Waals surface area contributed by atoms with Crippen molar-refractivity contribution >= 4 is 6.08 Å². The van der Waals surface area contributed by atoms with E-state index in [4.69, 9.17) is 14.2 Å². The van der Waals surface area contributed by atoms with Crippen molar-refractivity contribution in [1.29, 1.82) is 0 Å². The molecular formula is C30H35NO3. The second-order valence-corrected chi connectivity index (χ2v) is 11.0. The Labute approximate surface area is 202 Å². The molecule has 3 aliphatic carbocycles. The molecule has 2 saturated carbocycles. The van der Waals surface area contributed by atoms with Gasteiger partial charge in [-0.1, -0.05) is 48.6 Å². The topological polar surface area (TPSA) is 30.9 Å². The van der Waals surface area contributed by atoms with Crippen LogP contribution in [0.15, 0.2) is 48.5 Å².